The minimum absolute atomic E-state index is 0.479. The Kier molecular flexibility index (Phi) is 2.27. The highest BCUT2D eigenvalue weighted by atomic mass is 15.3. The molecule has 2 rings (SSSR count). The third kappa shape index (κ3) is 1.52. The van der Waals surface area contributed by atoms with Gasteiger partial charge in [-0.15, -0.1) is 0 Å². The number of nitrogens with zero attached hydrogens (tertiary/aromatic N) is 3. The molecule has 0 aromatic carbocycles. The molecule has 1 aliphatic heterocycles. The second kappa shape index (κ2) is 3.44. The monoisotopic (exact) mass is 192 g/mol. The largest absolute Gasteiger partial charge is 0.365 e. The number of rotatable bonds is 1. The number of aryl methyl sites for hydroxylation is 1. The van der Waals surface area contributed by atoms with E-state index in [1.165, 1.54) is 0 Å². The van der Waals surface area contributed by atoms with Crippen molar-refractivity contribution in [1.29, 1.82) is 0 Å². The van der Waals surface area contributed by atoms with Crippen LogP contribution in [-0.4, -0.2) is 29.1 Å². The molecule has 4 nitrogen and oxygen atoms in total. The van der Waals surface area contributed by atoms with Gasteiger partial charge in [-0.2, -0.15) is 0 Å². The highest BCUT2D eigenvalue weighted by molar-refractivity contribution is 5.63. The lowest BCUT2D eigenvalue weighted by molar-refractivity contribution is 0.665. The molecule has 2 heterocycles. The first-order valence-electron chi connectivity index (χ1n) is 5.02. The molecule has 0 saturated heterocycles. The zero-order valence-corrected chi connectivity index (χ0v) is 8.91. The number of anilines is 2. The fourth-order valence-corrected chi connectivity index (χ4v) is 1.69. The van der Waals surface area contributed by atoms with Crippen LogP contribution < -0.4 is 10.2 Å². The van der Waals surface area contributed by atoms with Gasteiger partial charge in [0.15, 0.2) is 11.6 Å². The third-order valence-electron chi connectivity index (χ3n) is 2.42. The van der Waals surface area contributed by atoms with E-state index in [0.717, 1.165) is 30.4 Å². The van der Waals surface area contributed by atoms with Crippen LogP contribution in [-0.2, 0) is 0 Å². The minimum Gasteiger partial charge on any atom is -0.365 e. The molecule has 1 aromatic rings. The van der Waals surface area contributed by atoms with Crippen molar-refractivity contribution in [3.63, 3.8) is 0 Å². The Morgan fingerprint density at radius 2 is 2.29 bits per heavy atom. The maximum atomic E-state index is 4.52. The van der Waals surface area contributed by atoms with Crippen molar-refractivity contribution in [3.05, 3.63) is 11.9 Å². The molecule has 0 aliphatic carbocycles. The summed E-state index contributed by atoms with van der Waals surface area (Å²) in [6.07, 6.45) is 1.80. The first-order valence-corrected chi connectivity index (χ1v) is 5.02. The first-order chi connectivity index (χ1) is 6.68. The zero-order valence-electron chi connectivity index (χ0n) is 8.91. The number of hydrogen-bond donors (Lipinski definition) is 1. The van der Waals surface area contributed by atoms with Crippen molar-refractivity contribution < 1.29 is 0 Å². The standard InChI is InChI=1S/C10H16N4/c1-7(2)14-5-4-11-9-10(14)13-8(3)6-12-9/h6-7H,4-5H2,1-3H3,(H,11,12). The van der Waals surface area contributed by atoms with Crippen LogP contribution in [0.3, 0.4) is 0 Å². The second-order valence-electron chi connectivity index (χ2n) is 3.90. The normalized spacial score (nSPS) is 15.3. The molecule has 0 saturated carbocycles. The van der Waals surface area contributed by atoms with Crippen molar-refractivity contribution in [1.82, 2.24) is 9.97 Å². The van der Waals surface area contributed by atoms with Gasteiger partial charge in [0.1, 0.15) is 0 Å². The Morgan fingerprint density at radius 1 is 1.50 bits per heavy atom. The maximum Gasteiger partial charge on any atom is 0.172 e. The summed E-state index contributed by atoms with van der Waals surface area (Å²) in [5.41, 5.74) is 0.970. The van der Waals surface area contributed by atoms with Gasteiger partial charge in [-0.25, -0.2) is 9.97 Å². The Labute approximate surface area is 84.4 Å². The van der Waals surface area contributed by atoms with E-state index < -0.39 is 0 Å². The van der Waals surface area contributed by atoms with Gasteiger partial charge in [0.05, 0.1) is 11.9 Å². The lowest BCUT2D eigenvalue weighted by atomic mass is 10.2. The summed E-state index contributed by atoms with van der Waals surface area (Å²) in [6.45, 7) is 8.28. The zero-order chi connectivity index (χ0) is 10.1. The number of hydrogen-bond acceptors (Lipinski definition) is 4. The second-order valence-corrected chi connectivity index (χ2v) is 3.90. The fourth-order valence-electron chi connectivity index (χ4n) is 1.69. The fraction of sp³-hybridized carbons (Fsp3) is 0.600. The van der Waals surface area contributed by atoms with Gasteiger partial charge in [0, 0.05) is 19.1 Å². The van der Waals surface area contributed by atoms with E-state index in [1.807, 2.05) is 6.92 Å². The van der Waals surface area contributed by atoms with Crippen LogP contribution in [0, 0.1) is 6.92 Å². The molecule has 0 unspecified atom stereocenters. The average molecular weight is 192 g/mol. The SMILES string of the molecule is Cc1cnc2c(n1)N(C(C)C)CCN2. The topological polar surface area (TPSA) is 41.1 Å². The molecule has 0 atom stereocenters. The minimum atomic E-state index is 0.479. The molecule has 4 heteroatoms. The number of nitrogens with one attached hydrogen (secondary N) is 1. The summed E-state index contributed by atoms with van der Waals surface area (Å²) in [5, 5.41) is 3.26. The van der Waals surface area contributed by atoms with Crippen LogP contribution >= 0.6 is 0 Å². The van der Waals surface area contributed by atoms with E-state index in [-0.39, 0.29) is 0 Å². The van der Waals surface area contributed by atoms with E-state index in [1.54, 1.807) is 6.20 Å². The smallest absolute Gasteiger partial charge is 0.172 e. The van der Waals surface area contributed by atoms with Crippen molar-refractivity contribution in [3.8, 4) is 0 Å². The molecular weight excluding hydrogens is 176 g/mol. The van der Waals surface area contributed by atoms with Gasteiger partial charge < -0.3 is 10.2 Å². The van der Waals surface area contributed by atoms with E-state index in [0.29, 0.717) is 6.04 Å². The third-order valence-corrected chi connectivity index (χ3v) is 2.42. The van der Waals surface area contributed by atoms with Crippen LogP contribution in [0.25, 0.3) is 0 Å². The van der Waals surface area contributed by atoms with Crippen molar-refractivity contribution >= 4 is 11.6 Å². The van der Waals surface area contributed by atoms with Crippen LogP contribution in [0.1, 0.15) is 19.5 Å². The molecule has 0 fully saturated rings. The Balaban J connectivity index is 2.41. The van der Waals surface area contributed by atoms with Crippen molar-refractivity contribution in [2.75, 3.05) is 23.3 Å². The summed E-state index contributed by atoms with van der Waals surface area (Å²) < 4.78 is 0. The molecule has 0 amide bonds. The summed E-state index contributed by atoms with van der Waals surface area (Å²) >= 11 is 0. The van der Waals surface area contributed by atoms with Crippen molar-refractivity contribution in [2.45, 2.75) is 26.8 Å². The van der Waals surface area contributed by atoms with Crippen LogP contribution in [0.4, 0.5) is 11.6 Å². The Morgan fingerprint density at radius 3 is 3.00 bits per heavy atom. The highest BCUT2D eigenvalue weighted by Crippen LogP contribution is 2.25. The molecular formula is C10H16N4. The summed E-state index contributed by atoms with van der Waals surface area (Å²) in [4.78, 5) is 11.1. The van der Waals surface area contributed by atoms with Gasteiger partial charge in [0.25, 0.3) is 0 Å². The molecule has 0 spiro atoms. The lowest BCUT2D eigenvalue weighted by Crippen LogP contribution is -2.40. The summed E-state index contributed by atoms with van der Waals surface area (Å²) in [5.74, 6) is 1.90. The number of aromatic nitrogens is 2. The number of fused-ring (bicyclic) bond motifs is 1. The highest BCUT2D eigenvalue weighted by Gasteiger charge is 2.20. The molecule has 76 valence electrons. The van der Waals surface area contributed by atoms with Gasteiger partial charge in [-0.1, -0.05) is 0 Å². The van der Waals surface area contributed by atoms with Gasteiger partial charge >= 0.3 is 0 Å². The molecule has 0 radical (unpaired) electrons. The van der Waals surface area contributed by atoms with Crippen molar-refractivity contribution in [2.24, 2.45) is 0 Å². The Hall–Kier alpha value is -1.32. The molecule has 1 aromatic heterocycles. The van der Waals surface area contributed by atoms with E-state index in [2.05, 4.69) is 34.0 Å². The molecule has 14 heavy (non-hydrogen) atoms. The van der Waals surface area contributed by atoms with Crippen LogP contribution in [0.2, 0.25) is 0 Å². The molecule has 0 bridgehead atoms. The first kappa shape index (κ1) is 9.24. The lowest BCUT2D eigenvalue weighted by Gasteiger charge is -2.33. The van der Waals surface area contributed by atoms with E-state index >= 15 is 0 Å². The molecule has 1 N–H and O–H groups in total. The van der Waals surface area contributed by atoms with Gasteiger partial charge in [-0.05, 0) is 20.8 Å². The molecule has 1 aliphatic rings. The quantitative estimate of drug-likeness (QED) is 0.730. The van der Waals surface area contributed by atoms with E-state index in [9.17, 15) is 0 Å². The predicted molar refractivity (Wildman–Crippen MR) is 57.7 cm³/mol. The predicted octanol–water partition coefficient (Wildman–Crippen LogP) is 1.43. The summed E-state index contributed by atoms with van der Waals surface area (Å²) in [7, 11) is 0. The van der Waals surface area contributed by atoms with Gasteiger partial charge in [0.2, 0.25) is 0 Å². The average Bonchev–Trinajstić information content (AvgIpc) is 2.16. The van der Waals surface area contributed by atoms with Crippen LogP contribution in [0.5, 0.6) is 0 Å². The van der Waals surface area contributed by atoms with E-state index in [4.69, 9.17) is 0 Å². The maximum absolute atomic E-state index is 4.52. The van der Waals surface area contributed by atoms with Gasteiger partial charge in [-0.3, -0.25) is 0 Å². The van der Waals surface area contributed by atoms with Crippen LogP contribution in [0.15, 0.2) is 6.20 Å². The summed E-state index contributed by atoms with van der Waals surface area (Å²) in [6, 6.07) is 0.479. The Bertz CT molecular complexity index is 335.